The number of allylic oxidation sites excluding steroid dienone is 1. The summed E-state index contributed by atoms with van der Waals surface area (Å²) in [5.74, 6) is -8.47. The van der Waals surface area contributed by atoms with E-state index in [0.29, 0.717) is 0 Å². The summed E-state index contributed by atoms with van der Waals surface area (Å²) in [4.78, 5) is 0. The van der Waals surface area contributed by atoms with E-state index >= 15 is 8.78 Å². The molecule has 0 amide bonds. The first kappa shape index (κ1) is 29.1. The van der Waals surface area contributed by atoms with Crippen molar-refractivity contribution in [3.63, 3.8) is 0 Å². The van der Waals surface area contributed by atoms with Crippen LogP contribution in [0.3, 0.4) is 0 Å². The van der Waals surface area contributed by atoms with Gasteiger partial charge in [-0.25, -0.2) is 0 Å². The molecule has 3 fully saturated rings. The standard InChI is InChI=1S/C24H34F5P.C4H7.Ni/c25-19-20(26)22(28)24(23(29)21(19)27)30(16-10-4-1-5-11-16,17-12-6-2-7-13-17)18-14-8-3-9-15-18;1-4(2)3;/h16-18,30H,1-15H2;1-2H2,3H3;. The first-order chi connectivity index (χ1) is 16.8. The third kappa shape index (κ3) is 6.17. The maximum atomic E-state index is 15.5. The van der Waals surface area contributed by atoms with Crippen LogP contribution in [0.15, 0.2) is 12.2 Å². The van der Waals surface area contributed by atoms with Gasteiger partial charge in [0, 0.05) is 0 Å². The van der Waals surface area contributed by atoms with E-state index in [1.54, 1.807) is 0 Å². The molecule has 3 saturated carbocycles. The zero-order valence-electron chi connectivity index (χ0n) is 21.0. The summed E-state index contributed by atoms with van der Waals surface area (Å²) < 4.78 is 73.9. The van der Waals surface area contributed by atoms with Crippen molar-refractivity contribution < 1.29 is 37.4 Å². The van der Waals surface area contributed by atoms with E-state index in [4.69, 9.17) is 0 Å². The number of rotatable bonds is 5. The van der Waals surface area contributed by atoms with Crippen molar-refractivity contribution in [2.75, 3.05) is 0 Å². The fourth-order valence-corrected chi connectivity index (χ4v) is 15.6. The molecule has 0 spiro atoms. The second kappa shape index (κ2) is 13.4. The summed E-state index contributed by atoms with van der Waals surface area (Å²) in [6.45, 7) is 5.51. The molecule has 1 aromatic rings. The minimum absolute atomic E-state index is 0.130. The summed E-state index contributed by atoms with van der Waals surface area (Å²) >= 11 is 4.33. The van der Waals surface area contributed by atoms with Gasteiger partial charge in [0.15, 0.2) is 0 Å². The molecule has 1 aromatic carbocycles. The number of halogens is 5. The fraction of sp³-hybridized carbons (Fsp3) is 0.714. The van der Waals surface area contributed by atoms with Crippen molar-refractivity contribution in [2.24, 2.45) is 0 Å². The Labute approximate surface area is 216 Å². The molecule has 0 bridgehead atoms. The van der Waals surface area contributed by atoms with Gasteiger partial charge < -0.3 is 0 Å². The molecule has 0 aromatic heterocycles. The van der Waals surface area contributed by atoms with Gasteiger partial charge in [-0.1, -0.05) is 0 Å². The van der Waals surface area contributed by atoms with Crippen LogP contribution in [-0.2, 0) is 15.5 Å². The quantitative estimate of drug-likeness (QED) is 0.0838. The molecule has 203 valence electrons. The summed E-state index contributed by atoms with van der Waals surface area (Å²) in [5.41, 5.74) is 1.48. The van der Waals surface area contributed by atoms with Gasteiger partial charge in [-0.15, -0.1) is 0 Å². The third-order valence-corrected chi connectivity index (χ3v) is 16.4. The Bertz CT molecular complexity index is 781. The topological polar surface area (TPSA) is 0 Å². The average molecular weight is 562 g/mol. The van der Waals surface area contributed by atoms with E-state index in [9.17, 15) is 13.2 Å². The Kier molecular flexibility index (Phi) is 11.1. The molecule has 0 atom stereocenters. The van der Waals surface area contributed by atoms with Gasteiger partial charge in [-0.3, -0.25) is 0 Å². The molecular formula is C28H41F5NiP. The Morgan fingerprint density at radius 3 is 1.14 bits per heavy atom. The molecule has 0 unspecified atom stereocenters. The van der Waals surface area contributed by atoms with Crippen LogP contribution < -0.4 is 5.30 Å². The zero-order chi connectivity index (χ0) is 25.6. The van der Waals surface area contributed by atoms with E-state index < -0.39 is 36.3 Å². The van der Waals surface area contributed by atoms with Crippen LogP contribution in [0, 0.1) is 29.1 Å². The molecule has 7 heteroatoms. The molecule has 0 N–H and O–H groups in total. The predicted octanol–water partition coefficient (Wildman–Crippen LogP) is 9.28. The Hall–Kier alpha value is -0.466. The van der Waals surface area contributed by atoms with Crippen molar-refractivity contribution in [2.45, 2.75) is 126 Å². The van der Waals surface area contributed by atoms with E-state index in [2.05, 4.69) is 22.0 Å². The first-order valence-electron chi connectivity index (χ1n) is 13.4. The SMILES string of the molecule is C=C(C)[CH2][Ni].Fc1c(F)c(F)c([PH](C2CCCCC2)(C2CCCCC2)C2CCCCC2)c(F)c1F. The molecule has 0 aliphatic heterocycles. The maximum absolute atomic E-state index is 15.5. The van der Waals surface area contributed by atoms with E-state index in [0.717, 1.165) is 107 Å². The van der Waals surface area contributed by atoms with Crippen LogP contribution >= 0.6 is 7.26 Å². The zero-order valence-corrected chi connectivity index (χ0v) is 22.9. The molecule has 35 heavy (non-hydrogen) atoms. The first-order valence-corrected chi connectivity index (χ1v) is 16.4. The summed E-state index contributed by atoms with van der Waals surface area (Å²) in [6, 6.07) is 0. The Morgan fingerprint density at radius 1 is 0.629 bits per heavy atom. The molecule has 3 aliphatic rings. The Morgan fingerprint density at radius 2 is 0.886 bits per heavy atom. The number of hydrogen-bond donors (Lipinski definition) is 0. The van der Waals surface area contributed by atoms with Crippen molar-refractivity contribution >= 4 is 12.6 Å². The van der Waals surface area contributed by atoms with Crippen molar-refractivity contribution in [3.8, 4) is 0 Å². The fourth-order valence-electron chi connectivity index (χ4n) is 7.34. The molecule has 0 nitrogen and oxygen atoms in total. The normalized spacial score (nSPS) is 21.4. The molecular weight excluding hydrogens is 521 g/mol. The van der Waals surface area contributed by atoms with Gasteiger partial charge in [-0.2, -0.15) is 0 Å². The van der Waals surface area contributed by atoms with Gasteiger partial charge in [-0.05, 0) is 0 Å². The van der Waals surface area contributed by atoms with Gasteiger partial charge in [0.1, 0.15) is 0 Å². The average Bonchev–Trinajstić information content (AvgIpc) is 2.90. The predicted molar refractivity (Wildman–Crippen MR) is 134 cm³/mol. The summed E-state index contributed by atoms with van der Waals surface area (Å²) in [5, 5.41) is 0.421. The van der Waals surface area contributed by atoms with Crippen molar-refractivity contribution in [1.82, 2.24) is 0 Å². The van der Waals surface area contributed by atoms with E-state index in [-0.39, 0.29) is 22.3 Å². The van der Waals surface area contributed by atoms with Crippen LogP contribution in [0.5, 0.6) is 0 Å². The van der Waals surface area contributed by atoms with Crippen LogP contribution in [0.4, 0.5) is 22.0 Å². The van der Waals surface area contributed by atoms with Gasteiger partial charge >= 0.3 is 217 Å². The van der Waals surface area contributed by atoms with Gasteiger partial charge in [0.05, 0.1) is 0 Å². The third-order valence-electron chi connectivity index (χ3n) is 8.68. The molecule has 0 saturated heterocycles. The van der Waals surface area contributed by atoms with E-state index in [1.165, 1.54) is 0 Å². The second-order valence-electron chi connectivity index (χ2n) is 11.0. The number of benzene rings is 1. The summed E-state index contributed by atoms with van der Waals surface area (Å²) in [6.07, 6.45) is 14.7. The van der Waals surface area contributed by atoms with Gasteiger partial charge in [0.25, 0.3) is 0 Å². The molecule has 4 rings (SSSR count). The Balaban J connectivity index is 0.000000623. The van der Waals surface area contributed by atoms with Crippen LogP contribution in [0.1, 0.15) is 103 Å². The van der Waals surface area contributed by atoms with E-state index in [1.807, 2.05) is 6.92 Å². The van der Waals surface area contributed by atoms with Crippen molar-refractivity contribution in [1.29, 1.82) is 0 Å². The van der Waals surface area contributed by atoms with Gasteiger partial charge in [0.2, 0.25) is 0 Å². The van der Waals surface area contributed by atoms with Crippen molar-refractivity contribution in [3.05, 3.63) is 41.2 Å². The minimum atomic E-state index is -3.04. The number of hydrogen-bond acceptors (Lipinski definition) is 0. The van der Waals surface area contributed by atoms with Crippen LogP contribution in [0.2, 0.25) is 5.39 Å². The van der Waals surface area contributed by atoms with Crippen LogP contribution in [-0.4, -0.2) is 17.0 Å². The summed E-state index contributed by atoms with van der Waals surface area (Å²) in [7, 11) is -3.04. The van der Waals surface area contributed by atoms with Crippen LogP contribution in [0.25, 0.3) is 0 Å². The monoisotopic (exact) mass is 561 g/mol. The second-order valence-corrected chi connectivity index (χ2v) is 16.1. The molecule has 0 heterocycles. The molecule has 0 radical (unpaired) electrons. The molecule has 3 aliphatic carbocycles.